The minimum Gasteiger partial charge on any atom is -0.0844 e. The molecule has 0 saturated carbocycles. The number of hydrogen-bond acceptors (Lipinski definition) is 0. The van der Waals surface area contributed by atoms with Crippen LogP contribution >= 0.6 is 15.9 Å². The first kappa shape index (κ1) is 8.79. The van der Waals surface area contributed by atoms with E-state index in [9.17, 15) is 0 Å². The van der Waals surface area contributed by atoms with Crippen molar-refractivity contribution in [2.24, 2.45) is 0 Å². The lowest BCUT2D eigenvalue weighted by Crippen LogP contribution is -1.91. The minimum atomic E-state index is 1.22. The molecule has 60 valence electrons. The third-order valence-electron chi connectivity index (χ3n) is 1.95. The molecule has 0 aromatic carbocycles. The first-order valence-corrected chi connectivity index (χ1v) is 4.91. The monoisotopic (exact) mass is 212 g/mol. The molecule has 0 aliphatic heterocycles. The van der Waals surface area contributed by atoms with Crippen LogP contribution in [0.25, 0.3) is 0 Å². The Morgan fingerprint density at radius 2 is 2.27 bits per heavy atom. The van der Waals surface area contributed by atoms with E-state index in [0.717, 1.165) is 0 Å². The van der Waals surface area contributed by atoms with Gasteiger partial charge >= 0.3 is 0 Å². The molecule has 11 heavy (non-hydrogen) atoms. The maximum Gasteiger partial charge on any atom is -0.0186 e. The SMILES string of the molecule is CC=C1C=C(C=CBr)CCC1. The van der Waals surface area contributed by atoms with Crippen LogP contribution in [0.5, 0.6) is 0 Å². The van der Waals surface area contributed by atoms with Gasteiger partial charge in [-0.05, 0) is 36.7 Å². The molecule has 0 N–H and O–H groups in total. The Morgan fingerprint density at radius 3 is 2.91 bits per heavy atom. The molecular formula is C10H13Br. The Bertz CT molecular complexity index is 209. The summed E-state index contributed by atoms with van der Waals surface area (Å²) in [4.78, 5) is 1.93. The van der Waals surface area contributed by atoms with Crippen LogP contribution in [0.4, 0.5) is 0 Å². The van der Waals surface area contributed by atoms with Crippen LogP contribution in [0.15, 0.2) is 34.4 Å². The molecule has 0 unspecified atom stereocenters. The quantitative estimate of drug-likeness (QED) is 0.618. The fourth-order valence-electron chi connectivity index (χ4n) is 1.32. The first-order valence-electron chi connectivity index (χ1n) is 3.99. The maximum atomic E-state index is 3.29. The second kappa shape index (κ2) is 4.55. The van der Waals surface area contributed by atoms with Crippen molar-refractivity contribution < 1.29 is 0 Å². The van der Waals surface area contributed by atoms with Crippen LogP contribution < -0.4 is 0 Å². The molecule has 0 spiro atoms. The van der Waals surface area contributed by atoms with Crippen molar-refractivity contribution in [1.82, 2.24) is 0 Å². The average Bonchev–Trinajstić information content (AvgIpc) is 2.06. The van der Waals surface area contributed by atoms with Gasteiger partial charge in [-0.3, -0.25) is 0 Å². The van der Waals surface area contributed by atoms with Gasteiger partial charge < -0.3 is 0 Å². The Balaban J connectivity index is 2.72. The van der Waals surface area contributed by atoms with Gasteiger partial charge in [-0.1, -0.05) is 39.7 Å². The molecule has 1 rings (SSSR count). The molecular weight excluding hydrogens is 200 g/mol. The van der Waals surface area contributed by atoms with E-state index in [4.69, 9.17) is 0 Å². The van der Waals surface area contributed by atoms with E-state index >= 15 is 0 Å². The molecule has 1 heteroatoms. The molecule has 0 fully saturated rings. The molecule has 1 aliphatic rings. The van der Waals surface area contributed by atoms with Gasteiger partial charge in [0.15, 0.2) is 0 Å². The lowest BCUT2D eigenvalue weighted by atomic mass is 9.95. The molecule has 1 aliphatic carbocycles. The number of allylic oxidation sites excluding steroid dienone is 5. The van der Waals surface area contributed by atoms with Gasteiger partial charge in [-0.15, -0.1) is 0 Å². The zero-order valence-electron chi connectivity index (χ0n) is 6.81. The third kappa shape index (κ3) is 2.66. The van der Waals surface area contributed by atoms with Gasteiger partial charge in [-0.25, -0.2) is 0 Å². The van der Waals surface area contributed by atoms with Gasteiger partial charge in [0, 0.05) is 0 Å². The van der Waals surface area contributed by atoms with Gasteiger partial charge in [0.25, 0.3) is 0 Å². The summed E-state index contributed by atoms with van der Waals surface area (Å²) >= 11 is 3.29. The molecule has 0 bridgehead atoms. The van der Waals surface area contributed by atoms with Crippen LogP contribution in [0, 0.1) is 0 Å². The highest BCUT2D eigenvalue weighted by atomic mass is 79.9. The fraction of sp³-hybridized carbons (Fsp3) is 0.400. The predicted octanol–water partition coefficient (Wildman–Crippen LogP) is 3.95. The van der Waals surface area contributed by atoms with Crippen molar-refractivity contribution in [3.63, 3.8) is 0 Å². The highest BCUT2D eigenvalue weighted by Gasteiger charge is 2.03. The zero-order chi connectivity index (χ0) is 8.10. The van der Waals surface area contributed by atoms with E-state index in [1.165, 1.54) is 30.4 Å². The lowest BCUT2D eigenvalue weighted by Gasteiger charge is -2.11. The van der Waals surface area contributed by atoms with Crippen LogP contribution in [0.2, 0.25) is 0 Å². The van der Waals surface area contributed by atoms with E-state index < -0.39 is 0 Å². The van der Waals surface area contributed by atoms with Crippen LogP contribution in [-0.4, -0.2) is 0 Å². The van der Waals surface area contributed by atoms with Gasteiger partial charge in [-0.2, -0.15) is 0 Å². The highest BCUT2D eigenvalue weighted by Crippen LogP contribution is 2.22. The molecule has 0 radical (unpaired) electrons. The normalized spacial score (nSPS) is 22.7. The molecule has 0 heterocycles. The second-order valence-electron chi connectivity index (χ2n) is 2.73. The van der Waals surface area contributed by atoms with Crippen LogP contribution in [0.1, 0.15) is 26.2 Å². The van der Waals surface area contributed by atoms with Crippen molar-refractivity contribution in [2.75, 3.05) is 0 Å². The number of halogens is 1. The van der Waals surface area contributed by atoms with Crippen molar-refractivity contribution >= 4 is 15.9 Å². The Labute approximate surface area is 76.8 Å². The third-order valence-corrected chi connectivity index (χ3v) is 2.21. The average molecular weight is 213 g/mol. The molecule has 0 amide bonds. The second-order valence-corrected chi connectivity index (χ2v) is 3.26. The summed E-state index contributed by atoms with van der Waals surface area (Å²) in [6.45, 7) is 2.10. The standard InChI is InChI=1S/C10H13Br/c1-2-9-4-3-5-10(8-9)6-7-11/h2,6-8H,3-5H2,1H3. The summed E-state index contributed by atoms with van der Waals surface area (Å²) in [6.07, 6.45) is 10.4. The van der Waals surface area contributed by atoms with E-state index in [1.54, 1.807) is 0 Å². The Hall–Kier alpha value is -0.300. The summed E-state index contributed by atoms with van der Waals surface area (Å²) in [5, 5.41) is 0. The zero-order valence-corrected chi connectivity index (χ0v) is 8.39. The molecule has 0 aromatic heterocycles. The topological polar surface area (TPSA) is 0 Å². The Morgan fingerprint density at radius 1 is 1.45 bits per heavy atom. The summed E-state index contributed by atoms with van der Waals surface area (Å²) in [7, 11) is 0. The van der Waals surface area contributed by atoms with Crippen molar-refractivity contribution in [2.45, 2.75) is 26.2 Å². The van der Waals surface area contributed by atoms with Crippen molar-refractivity contribution in [3.8, 4) is 0 Å². The predicted molar refractivity (Wildman–Crippen MR) is 53.8 cm³/mol. The summed E-state index contributed by atoms with van der Waals surface area (Å²) in [5.74, 6) is 0. The molecule has 0 aromatic rings. The van der Waals surface area contributed by atoms with Crippen molar-refractivity contribution in [1.29, 1.82) is 0 Å². The van der Waals surface area contributed by atoms with Crippen LogP contribution in [-0.2, 0) is 0 Å². The largest absolute Gasteiger partial charge is 0.0844 e. The van der Waals surface area contributed by atoms with E-state index in [0.29, 0.717) is 0 Å². The van der Waals surface area contributed by atoms with E-state index in [1.807, 2.05) is 4.99 Å². The first-order chi connectivity index (χ1) is 5.36. The van der Waals surface area contributed by atoms with E-state index in [-0.39, 0.29) is 0 Å². The minimum absolute atomic E-state index is 1.22. The van der Waals surface area contributed by atoms with Gasteiger partial charge in [0.05, 0.1) is 0 Å². The van der Waals surface area contributed by atoms with Crippen molar-refractivity contribution in [3.05, 3.63) is 34.4 Å². The Kier molecular flexibility index (Phi) is 3.64. The summed E-state index contributed by atoms with van der Waals surface area (Å²) in [5.41, 5.74) is 2.90. The molecule has 0 nitrogen and oxygen atoms in total. The molecule has 0 atom stereocenters. The molecule has 0 saturated heterocycles. The highest BCUT2D eigenvalue weighted by molar-refractivity contribution is 9.11. The summed E-state index contributed by atoms with van der Waals surface area (Å²) < 4.78 is 0. The van der Waals surface area contributed by atoms with Gasteiger partial charge in [0.1, 0.15) is 0 Å². The number of hydrogen-bond donors (Lipinski definition) is 0. The van der Waals surface area contributed by atoms with Gasteiger partial charge in [0.2, 0.25) is 0 Å². The summed E-state index contributed by atoms with van der Waals surface area (Å²) in [6, 6.07) is 0. The smallest absolute Gasteiger partial charge is 0.0186 e. The maximum absolute atomic E-state index is 3.29. The van der Waals surface area contributed by atoms with E-state index in [2.05, 4.69) is 41.1 Å². The lowest BCUT2D eigenvalue weighted by molar-refractivity contribution is 0.797. The fourth-order valence-corrected chi connectivity index (χ4v) is 1.66. The number of rotatable bonds is 1. The van der Waals surface area contributed by atoms with Crippen LogP contribution in [0.3, 0.4) is 0 Å².